The molecule has 1 aromatic heterocycles. The second-order valence-electron chi connectivity index (χ2n) is 8.51. The molecule has 0 unspecified atom stereocenters. The first kappa shape index (κ1) is 16.8. The number of amides is 2. The predicted molar refractivity (Wildman–Crippen MR) is 102 cm³/mol. The van der Waals surface area contributed by atoms with Crippen LogP contribution in [0.2, 0.25) is 0 Å². The molecule has 5 heteroatoms. The van der Waals surface area contributed by atoms with Crippen LogP contribution >= 0.6 is 0 Å². The average Bonchev–Trinajstić information content (AvgIpc) is 2.80. The van der Waals surface area contributed by atoms with Gasteiger partial charge < -0.3 is 14.2 Å². The third kappa shape index (κ3) is 2.84. The predicted octanol–water partition coefficient (Wildman–Crippen LogP) is 3.60. The molecule has 3 saturated heterocycles. The molecule has 0 radical (unpaired) electrons. The molecule has 142 valence electrons. The Morgan fingerprint density at radius 3 is 2.81 bits per heavy atom. The van der Waals surface area contributed by atoms with Gasteiger partial charge in [0, 0.05) is 31.1 Å². The Kier molecular flexibility index (Phi) is 3.99. The Balaban J connectivity index is 1.42. The van der Waals surface area contributed by atoms with Gasteiger partial charge in [0.2, 0.25) is 5.91 Å². The number of furan rings is 1. The molecule has 2 atom stereocenters. The van der Waals surface area contributed by atoms with Gasteiger partial charge in [-0.3, -0.25) is 9.59 Å². The monoisotopic (exact) mass is 366 g/mol. The molecule has 3 aliphatic heterocycles. The van der Waals surface area contributed by atoms with Crippen LogP contribution in [0.4, 0.5) is 0 Å². The summed E-state index contributed by atoms with van der Waals surface area (Å²) >= 11 is 0. The molecular weight excluding hydrogens is 340 g/mol. The summed E-state index contributed by atoms with van der Waals surface area (Å²) in [5, 5.41) is 0.957. The Morgan fingerprint density at radius 2 is 2.04 bits per heavy atom. The smallest absolute Gasteiger partial charge is 0.257 e. The van der Waals surface area contributed by atoms with Gasteiger partial charge in [-0.2, -0.15) is 0 Å². The number of para-hydroxylation sites is 1. The third-order valence-corrected chi connectivity index (χ3v) is 6.66. The number of benzene rings is 1. The number of carbonyl (C=O) groups is 2. The summed E-state index contributed by atoms with van der Waals surface area (Å²) in [6, 6.07) is 7.85. The second-order valence-corrected chi connectivity index (χ2v) is 8.51. The van der Waals surface area contributed by atoms with E-state index in [4.69, 9.17) is 4.42 Å². The average molecular weight is 366 g/mol. The van der Waals surface area contributed by atoms with E-state index in [1.54, 1.807) is 0 Å². The van der Waals surface area contributed by atoms with Crippen molar-refractivity contribution in [1.29, 1.82) is 0 Å². The number of carbonyl (C=O) groups excluding carboxylic acids is 2. The number of hydrogen-bond acceptors (Lipinski definition) is 3. The van der Waals surface area contributed by atoms with Crippen LogP contribution in [0.25, 0.3) is 11.0 Å². The van der Waals surface area contributed by atoms with E-state index >= 15 is 0 Å². The lowest BCUT2D eigenvalue weighted by Crippen LogP contribution is -2.50. The lowest BCUT2D eigenvalue weighted by atomic mass is 9.83. The van der Waals surface area contributed by atoms with Crippen molar-refractivity contribution in [1.82, 2.24) is 9.80 Å². The highest BCUT2D eigenvalue weighted by Crippen LogP contribution is 2.35. The van der Waals surface area contributed by atoms with Crippen LogP contribution < -0.4 is 0 Å². The summed E-state index contributed by atoms with van der Waals surface area (Å²) in [4.78, 5) is 30.3. The Hall–Kier alpha value is -2.30. The van der Waals surface area contributed by atoms with Gasteiger partial charge >= 0.3 is 0 Å². The zero-order valence-electron chi connectivity index (χ0n) is 15.8. The van der Waals surface area contributed by atoms with Gasteiger partial charge in [0.05, 0.1) is 11.5 Å². The quantitative estimate of drug-likeness (QED) is 0.834. The van der Waals surface area contributed by atoms with Crippen LogP contribution in [-0.2, 0) is 4.79 Å². The van der Waals surface area contributed by atoms with Crippen LogP contribution in [0.1, 0.15) is 48.2 Å². The molecule has 1 aliphatic carbocycles. The summed E-state index contributed by atoms with van der Waals surface area (Å²) in [6.45, 7) is 3.96. The highest BCUT2D eigenvalue weighted by molar-refractivity contribution is 6.05. The standard InChI is InChI=1S/C22H26N2O3/c1-14-10-16-6-3-7-19(20(16)27-14)22(26)23-12-17-8-9-18(13-23)24(21(17)25)11-15-4-2-5-15/h3,6-7,10,15,17-18H,2,4-5,8-9,11-13H2,1H3/t17-,18+/m0/s1. The van der Waals surface area contributed by atoms with Crippen molar-refractivity contribution in [3.8, 4) is 0 Å². The van der Waals surface area contributed by atoms with E-state index < -0.39 is 0 Å². The van der Waals surface area contributed by atoms with Crippen molar-refractivity contribution in [3.05, 3.63) is 35.6 Å². The summed E-state index contributed by atoms with van der Waals surface area (Å²) in [7, 11) is 0. The van der Waals surface area contributed by atoms with E-state index in [2.05, 4.69) is 4.90 Å². The van der Waals surface area contributed by atoms with Crippen LogP contribution in [-0.4, -0.2) is 47.3 Å². The summed E-state index contributed by atoms with van der Waals surface area (Å²) in [5.74, 6) is 1.68. The van der Waals surface area contributed by atoms with Crippen LogP contribution in [0.15, 0.2) is 28.7 Å². The molecule has 27 heavy (non-hydrogen) atoms. The number of hydrogen-bond donors (Lipinski definition) is 0. The first-order valence-electron chi connectivity index (χ1n) is 10.2. The molecule has 1 aromatic carbocycles. The minimum atomic E-state index is -0.0506. The minimum Gasteiger partial charge on any atom is -0.461 e. The van der Waals surface area contributed by atoms with Crippen molar-refractivity contribution < 1.29 is 14.0 Å². The SMILES string of the molecule is Cc1cc2cccc(C(=O)N3C[C@@H]4CC[C@H](C3)N(CC3CCC3)C4=O)c2o1. The highest BCUT2D eigenvalue weighted by atomic mass is 16.3. The van der Waals surface area contributed by atoms with E-state index in [1.807, 2.05) is 36.1 Å². The number of fused-ring (bicyclic) bond motifs is 5. The molecule has 4 aliphatic rings. The molecule has 2 bridgehead atoms. The van der Waals surface area contributed by atoms with Gasteiger partial charge in [0.1, 0.15) is 11.3 Å². The maximum atomic E-state index is 13.3. The lowest BCUT2D eigenvalue weighted by molar-refractivity contribution is -0.141. The van der Waals surface area contributed by atoms with Crippen molar-refractivity contribution >= 4 is 22.8 Å². The Bertz CT molecular complexity index is 898. The molecule has 0 N–H and O–H groups in total. The fourth-order valence-electron chi connectivity index (χ4n) is 4.93. The molecule has 5 nitrogen and oxygen atoms in total. The first-order valence-corrected chi connectivity index (χ1v) is 10.2. The maximum Gasteiger partial charge on any atom is 0.257 e. The van der Waals surface area contributed by atoms with Crippen molar-refractivity contribution in [2.24, 2.45) is 11.8 Å². The summed E-state index contributed by atoms with van der Waals surface area (Å²) in [5.41, 5.74) is 1.27. The third-order valence-electron chi connectivity index (χ3n) is 6.66. The molecule has 4 fully saturated rings. The zero-order chi connectivity index (χ0) is 18.5. The van der Waals surface area contributed by atoms with Crippen molar-refractivity contribution in [2.75, 3.05) is 19.6 Å². The van der Waals surface area contributed by atoms with Gasteiger partial charge in [-0.1, -0.05) is 18.6 Å². The minimum absolute atomic E-state index is 0.00913. The van der Waals surface area contributed by atoms with Gasteiger partial charge in [-0.25, -0.2) is 0 Å². The fraction of sp³-hybridized carbons (Fsp3) is 0.545. The first-order chi connectivity index (χ1) is 13.1. The number of aryl methyl sites for hydroxylation is 1. The van der Waals surface area contributed by atoms with Gasteiger partial charge in [-0.15, -0.1) is 0 Å². The highest BCUT2D eigenvalue weighted by Gasteiger charge is 2.43. The number of nitrogens with zero attached hydrogens (tertiary/aromatic N) is 2. The largest absolute Gasteiger partial charge is 0.461 e. The number of piperidine rings is 1. The summed E-state index contributed by atoms with van der Waals surface area (Å²) < 4.78 is 5.80. The topological polar surface area (TPSA) is 53.8 Å². The molecule has 6 rings (SSSR count). The molecule has 0 spiro atoms. The molecule has 4 heterocycles. The molecule has 2 aromatic rings. The Morgan fingerprint density at radius 1 is 1.19 bits per heavy atom. The van der Waals surface area contributed by atoms with Gasteiger partial charge in [0.25, 0.3) is 5.91 Å². The van der Waals surface area contributed by atoms with E-state index in [9.17, 15) is 9.59 Å². The normalized spacial score (nSPS) is 25.7. The number of rotatable bonds is 3. The lowest BCUT2D eigenvalue weighted by Gasteiger charge is -2.40. The van der Waals surface area contributed by atoms with E-state index in [-0.39, 0.29) is 23.8 Å². The van der Waals surface area contributed by atoms with Crippen LogP contribution in [0, 0.1) is 18.8 Å². The van der Waals surface area contributed by atoms with E-state index in [0.29, 0.717) is 30.2 Å². The van der Waals surface area contributed by atoms with Crippen molar-refractivity contribution in [2.45, 2.75) is 45.1 Å². The summed E-state index contributed by atoms with van der Waals surface area (Å²) in [6.07, 6.45) is 5.68. The van der Waals surface area contributed by atoms with E-state index in [0.717, 1.165) is 30.5 Å². The molecule has 1 saturated carbocycles. The molecule has 2 amide bonds. The van der Waals surface area contributed by atoms with Crippen LogP contribution in [0.3, 0.4) is 0 Å². The zero-order valence-corrected chi connectivity index (χ0v) is 15.8. The Labute approximate surface area is 159 Å². The molecular formula is C22H26N2O3. The van der Waals surface area contributed by atoms with Crippen molar-refractivity contribution in [3.63, 3.8) is 0 Å². The second kappa shape index (κ2) is 6.39. The fourth-order valence-corrected chi connectivity index (χ4v) is 4.93. The van der Waals surface area contributed by atoms with Gasteiger partial charge in [-0.05, 0) is 50.7 Å². The van der Waals surface area contributed by atoms with E-state index in [1.165, 1.54) is 19.3 Å². The van der Waals surface area contributed by atoms with Gasteiger partial charge in [0.15, 0.2) is 0 Å². The maximum absolute atomic E-state index is 13.3. The van der Waals surface area contributed by atoms with Crippen LogP contribution in [0.5, 0.6) is 0 Å².